The molecule has 2 saturated heterocycles. The number of nitrogens with zero attached hydrogens (tertiary/aromatic N) is 3. The van der Waals surface area contributed by atoms with E-state index in [-0.39, 0.29) is 0 Å². The fraction of sp³-hybridized carbons (Fsp3) is 0.800. The van der Waals surface area contributed by atoms with Gasteiger partial charge in [0.2, 0.25) is 0 Å². The van der Waals surface area contributed by atoms with Gasteiger partial charge in [0.05, 0.1) is 10.7 Å². The predicted octanol–water partition coefficient (Wildman–Crippen LogP) is 1.50. The third-order valence-electron chi connectivity index (χ3n) is 4.80. The Bertz CT molecular complexity index is 450. The Morgan fingerprint density at radius 3 is 2.85 bits per heavy atom. The number of nitrogens with one attached hydrogen (secondary N) is 1. The van der Waals surface area contributed by atoms with Crippen LogP contribution >= 0.6 is 11.3 Å². The van der Waals surface area contributed by atoms with Crippen LogP contribution in [0.4, 0.5) is 0 Å². The van der Waals surface area contributed by atoms with Crippen molar-refractivity contribution in [3.05, 3.63) is 16.1 Å². The molecule has 3 aliphatic rings. The smallest absolute Gasteiger partial charge is 0.0959 e. The quantitative estimate of drug-likeness (QED) is 0.911. The first-order chi connectivity index (χ1) is 9.88. The van der Waals surface area contributed by atoms with Crippen LogP contribution in [0.15, 0.2) is 5.38 Å². The van der Waals surface area contributed by atoms with Crippen LogP contribution in [0.3, 0.4) is 0 Å². The van der Waals surface area contributed by atoms with E-state index in [9.17, 15) is 0 Å². The summed E-state index contributed by atoms with van der Waals surface area (Å²) in [5.74, 6) is 0.806. The highest BCUT2D eigenvalue weighted by Gasteiger charge is 2.30. The molecule has 0 radical (unpaired) electrons. The van der Waals surface area contributed by atoms with E-state index in [0.717, 1.165) is 31.6 Å². The molecule has 1 atom stereocenters. The zero-order chi connectivity index (χ0) is 13.4. The zero-order valence-electron chi connectivity index (χ0n) is 12.1. The maximum atomic E-state index is 4.83. The summed E-state index contributed by atoms with van der Waals surface area (Å²) < 4.78 is 0. The molecule has 4 rings (SSSR count). The largest absolute Gasteiger partial charge is 0.314 e. The monoisotopic (exact) mass is 292 g/mol. The topological polar surface area (TPSA) is 31.4 Å². The molecule has 4 nitrogen and oxygen atoms in total. The van der Waals surface area contributed by atoms with Gasteiger partial charge in [0.25, 0.3) is 0 Å². The van der Waals surface area contributed by atoms with E-state index >= 15 is 0 Å². The normalized spacial score (nSPS) is 29.1. The van der Waals surface area contributed by atoms with Crippen molar-refractivity contribution in [3.63, 3.8) is 0 Å². The van der Waals surface area contributed by atoms with Gasteiger partial charge in [-0.3, -0.25) is 9.80 Å². The fourth-order valence-corrected chi connectivity index (χ4v) is 4.43. The van der Waals surface area contributed by atoms with Crippen LogP contribution in [0, 0.1) is 0 Å². The second-order valence-corrected chi connectivity index (χ2v) is 7.30. The molecule has 110 valence electrons. The van der Waals surface area contributed by atoms with Gasteiger partial charge in [-0.25, -0.2) is 4.98 Å². The molecule has 0 aromatic carbocycles. The van der Waals surface area contributed by atoms with Gasteiger partial charge in [-0.05, 0) is 19.3 Å². The van der Waals surface area contributed by atoms with Gasteiger partial charge in [-0.1, -0.05) is 0 Å². The summed E-state index contributed by atoms with van der Waals surface area (Å²) in [7, 11) is 0. The van der Waals surface area contributed by atoms with Gasteiger partial charge >= 0.3 is 0 Å². The summed E-state index contributed by atoms with van der Waals surface area (Å²) in [4.78, 5) is 10.1. The highest BCUT2D eigenvalue weighted by atomic mass is 32.1. The van der Waals surface area contributed by atoms with E-state index in [4.69, 9.17) is 4.98 Å². The number of hydrogen-bond acceptors (Lipinski definition) is 5. The average molecular weight is 292 g/mol. The van der Waals surface area contributed by atoms with Crippen LogP contribution in [0.25, 0.3) is 0 Å². The highest BCUT2D eigenvalue weighted by Crippen LogP contribution is 2.41. The molecule has 1 aromatic heterocycles. The molecule has 3 heterocycles. The molecule has 0 amide bonds. The molecule has 2 aliphatic heterocycles. The summed E-state index contributed by atoms with van der Waals surface area (Å²) >= 11 is 1.88. The van der Waals surface area contributed by atoms with Gasteiger partial charge in [-0.2, -0.15) is 0 Å². The van der Waals surface area contributed by atoms with E-state index in [2.05, 4.69) is 20.5 Å². The summed E-state index contributed by atoms with van der Waals surface area (Å²) in [5, 5.41) is 7.11. The summed E-state index contributed by atoms with van der Waals surface area (Å²) in [6.45, 7) is 8.30. The summed E-state index contributed by atoms with van der Waals surface area (Å²) in [5.41, 5.74) is 1.30. The summed E-state index contributed by atoms with van der Waals surface area (Å²) in [6.07, 6.45) is 4.06. The number of thiazole rings is 1. The van der Waals surface area contributed by atoms with Crippen molar-refractivity contribution < 1.29 is 0 Å². The Labute approximate surface area is 125 Å². The van der Waals surface area contributed by atoms with Crippen LogP contribution in [0.5, 0.6) is 0 Å². The fourth-order valence-electron chi connectivity index (χ4n) is 3.44. The predicted molar refractivity (Wildman–Crippen MR) is 82.2 cm³/mol. The van der Waals surface area contributed by atoms with E-state index in [1.54, 1.807) is 0 Å². The number of piperazine rings is 1. The van der Waals surface area contributed by atoms with Crippen LogP contribution in [-0.2, 0) is 6.54 Å². The molecular weight excluding hydrogens is 268 g/mol. The first kappa shape index (κ1) is 13.2. The third-order valence-corrected chi connectivity index (χ3v) is 5.85. The van der Waals surface area contributed by atoms with Crippen LogP contribution in [0.1, 0.15) is 35.9 Å². The Balaban J connectivity index is 1.31. The Hall–Kier alpha value is -0.490. The van der Waals surface area contributed by atoms with Gasteiger partial charge in [0, 0.05) is 63.2 Å². The lowest BCUT2D eigenvalue weighted by Gasteiger charge is -2.32. The molecule has 0 bridgehead atoms. The first-order valence-electron chi connectivity index (χ1n) is 8.00. The van der Waals surface area contributed by atoms with Crippen molar-refractivity contribution in [2.24, 2.45) is 0 Å². The lowest BCUT2D eigenvalue weighted by atomic mass is 10.2. The average Bonchev–Trinajstić information content (AvgIpc) is 3.06. The lowest BCUT2D eigenvalue weighted by molar-refractivity contribution is 0.170. The third kappa shape index (κ3) is 2.91. The molecule has 1 aromatic rings. The lowest BCUT2D eigenvalue weighted by Crippen LogP contribution is -2.49. The maximum Gasteiger partial charge on any atom is 0.0959 e. The molecule has 1 unspecified atom stereocenters. The van der Waals surface area contributed by atoms with Crippen LogP contribution in [-0.4, -0.2) is 60.1 Å². The Kier molecular flexibility index (Phi) is 3.77. The number of likely N-dealkylation sites (tertiary alicyclic amines) is 1. The van der Waals surface area contributed by atoms with Crippen molar-refractivity contribution in [3.8, 4) is 0 Å². The highest BCUT2D eigenvalue weighted by molar-refractivity contribution is 7.09. The minimum atomic E-state index is 0.777. The minimum absolute atomic E-state index is 0.777. The summed E-state index contributed by atoms with van der Waals surface area (Å²) in [6, 6.07) is 0.777. The molecular formula is C15H24N4S. The standard InChI is InChI=1S/C15H24N4S/c1-2-12(1)15-17-13(11-20-15)9-18-6-3-14(10-18)19-7-4-16-5-8-19/h11-12,14,16H,1-10H2. The molecule has 1 aliphatic carbocycles. The molecule has 0 spiro atoms. The van der Waals surface area contributed by atoms with Gasteiger partial charge in [0.15, 0.2) is 0 Å². The molecule has 1 saturated carbocycles. The van der Waals surface area contributed by atoms with E-state index in [0.29, 0.717) is 0 Å². The molecule has 1 N–H and O–H groups in total. The van der Waals surface area contributed by atoms with Crippen molar-refractivity contribution in [1.82, 2.24) is 20.1 Å². The van der Waals surface area contributed by atoms with E-state index < -0.39 is 0 Å². The van der Waals surface area contributed by atoms with E-state index in [1.807, 2.05) is 11.3 Å². The second-order valence-electron chi connectivity index (χ2n) is 6.41. The Morgan fingerprint density at radius 1 is 1.20 bits per heavy atom. The van der Waals surface area contributed by atoms with Crippen molar-refractivity contribution >= 4 is 11.3 Å². The van der Waals surface area contributed by atoms with Gasteiger partial charge in [0.1, 0.15) is 0 Å². The molecule has 20 heavy (non-hydrogen) atoms. The van der Waals surface area contributed by atoms with Crippen LogP contribution in [0.2, 0.25) is 0 Å². The molecule has 5 heteroatoms. The SMILES string of the molecule is c1sc(C2CC2)nc1CN1CCC(N2CCNCC2)C1. The minimum Gasteiger partial charge on any atom is -0.314 e. The Morgan fingerprint density at radius 2 is 2.05 bits per heavy atom. The maximum absolute atomic E-state index is 4.83. The van der Waals surface area contributed by atoms with E-state index in [1.165, 1.54) is 56.1 Å². The van der Waals surface area contributed by atoms with Crippen molar-refractivity contribution in [1.29, 1.82) is 0 Å². The molecule has 3 fully saturated rings. The number of aromatic nitrogens is 1. The van der Waals surface area contributed by atoms with Crippen molar-refractivity contribution in [2.75, 3.05) is 39.3 Å². The second kappa shape index (κ2) is 5.72. The van der Waals surface area contributed by atoms with Crippen molar-refractivity contribution in [2.45, 2.75) is 37.8 Å². The number of rotatable bonds is 4. The van der Waals surface area contributed by atoms with Crippen LogP contribution < -0.4 is 5.32 Å². The van der Waals surface area contributed by atoms with Gasteiger partial charge < -0.3 is 5.32 Å². The first-order valence-corrected chi connectivity index (χ1v) is 8.88. The zero-order valence-corrected chi connectivity index (χ0v) is 12.9. The van der Waals surface area contributed by atoms with Gasteiger partial charge in [-0.15, -0.1) is 11.3 Å². The number of hydrogen-bond donors (Lipinski definition) is 1.